The fourth-order valence-corrected chi connectivity index (χ4v) is 9.05. The normalized spacial score (nSPS) is 12.7. The zero-order chi connectivity index (χ0) is 23.7. The van der Waals surface area contributed by atoms with Gasteiger partial charge in [-0.25, -0.2) is 0 Å². The Balaban J connectivity index is 3.16. The maximum atomic E-state index is 6.04. The fourth-order valence-electron chi connectivity index (χ4n) is 4.87. The van der Waals surface area contributed by atoms with E-state index in [4.69, 9.17) is 9.47 Å². The Labute approximate surface area is 192 Å². The Bertz CT molecular complexity index is 858. The van der Waals surface area contributed by atoms with Gasteiger partial charge in [0.05, 0.1) is 14.2 Å². The van der Waals surface area contributed by atoms with Crippen molar-refractivity contribution in [2.45, 2.75) is 91.4 Å². The van der Waals surface area contributed by atoms with E-state index in [0.29, 0.717) is 11.8 Å². The highest BCUT2D eigenvalue weighted by atomic mass is 31.1. The van der Waals surface area contributed by atoms with Crippen LogP contribution in [0.4, 0.5) is 0 Å². The van der Waals surface area contributed by atoms with E-state index in [0.717, 1.165) is 11.5 Å². The lowest BCUT2D eigenvalue weighted by molar-refractivity contribution is 0.407. The molecule has 172 valence electrons. The van der Waals surface area contributed by atoms with Crippen LogP contribution in [0.1, 0.15) is 92.2 Å². The van der Waals surface area contributed by atoms with Gasteiger partial charge >= 0.3 is 0 Å². The molecule has 0 bridgehead atoms. The predicted octanol–water partition coefficient (Wildman–Crippen LogP) is 8.32. The summed E-state index contributed by atoms with van der Waals surface area (Å²) in [6.45, 7) is 23.3. The maximum absolute atomic E-state index is 6.04. The van der Waals surface area contributed by atoms with Crippen molar-refractivity contribution in [3.05, 3.63) is 41.5 Å². The molecule has 31 heavy (non-hydrogen) atoms. The maximum Gasteiger partial charge on any atom is 0.127 e. The van der Waals surface area contributed by atoms with Gasteiger partial charge in [0.2, 0.25) is 0 Å². The second-order valence-corrected chi connectivity index (χ2v) is 14.8. The SMILES string of the molecule is COc1ccc(OC)c(P(C(C)(C)C)C(C)(C)C)c1-c1c(C(C)C)cccc1C(C)C. The van der Waals surface area contributed by atoms with Crippen molar-refractivity contribution in [3.63, 3.8) is 0 Å². The van der Waals surface area contributed by atoms with Gasteiger partial charge < -0.3 is 9.47 Å². The van der Waals surface area contributed by atoms with E-state index < -0.39 is 7.92 Å². The number of ether oxygens (including phenoxy) is 2. The van der Waals surface area contributed by atoms with Crippen molar-refractivity contribution < 1.29 is 9.47 Å². The molecule has 2 aromatic rings. The topological polar surface area (TPSA) is 18.5 Å². The van der Waals surface area contributed by atoms with Crippen molar-refractivity contribution in [2.24, 2.45) is 0 Å². The minimum Gasteiger partial charge on any atom is -0.496 e. The Morgan fingerprint density at radius 3 is 1.42 bits per heavy atom. The van der Waals surface area contributed by atoms with Gasteiger partial charge in [-0.05, 0) is 51.0 Å². The fraction of sp³-hybridized carbons (Fsp3) is 0.571. The molecule has 0 amide bonds. The summed E-state index contributed by atoms with van der Waals surface area (Å²) in [5, 5.41) is 1.53. The largest absolute Gasteiger partial charge is 0.496 e. The third-order valence-electron chi connectivity index (χ3n) is 5.73. The summed E-state index contributed by atoms with van der Waals surface area (Å²) in [6, 6.07) is 10.9. The summed E-state index contributed by atoms with van der Waals surface area (Å²) in [5.41, 5.74) is 5.30. The van der Waals surface area contributed by atoms with Gasteiger partial charge in [-0.2, -0.15) is 0 Å². The van der Waals surface area contributed by atoms with Crippen molar-refractivity contribution in [2.75, 3.05) is 14.2 Å². The van der Waals surface area contributed by atoms with E-state index in [1.54, 1.807) is 14.2 Å². The molecule has 0 fully saturated rings. The highest BCUT2D eigenvalue weighted by Crippen LogP contribution is 2.62. The van der Waals surface area contributed by atoms with Crippen molar-refractivity contribution in [3.8, 4) is 22.6 Å². The number of hydrogen-bond acceptors (Lipinski definition) is 2. The van der Waals surface area contributed by atoms with Crippen molar-refractivity contribution in [1.82, 2.24) is 0 Å². The Hall–Kier alpha value is -1.53. The molecule has 0 N–H and O–H groups in total. The third-order valence-corrected chi connectivity index (χ3v) is 9.31. The van der Waals surface area contributed by atoms with Gasteiger partial charge in [-0.3, -0.25) is 0 Å². The molecule has 0 spiro atoms. The molecular formula is C28H43O2P. The highest BCUT2D eigenvalue weighted by molar-refractivity contribution is 7.69. The average molecular weight is 443 g/mol. The highest BCUT2D eigenvalue weighted by Gasteiger charge is 2.40. The van der Waals surface area contributed by atoms with E-state index in [9.17, 15) is 0 Å². The van der Waals surface area contributed by atoms with Crippen LogP contribution in [0.2, 0.25) is 0 Å². The van der Waals surface area contributed by atoms with E-state index in [1.165, 1.54) is 27.6 Å². The molecule has 0 saturated carbocycles. The second-order valence-electron chi connectivity index (χ2n) is 11.0. The molecule has 0 heterocycles. The van der Waals surface area contributed by atoms with E-state index >= 15 is 0 Å². The van der Waals surface area contributed by atoms with Crippen molar-refractivity contribution in [1.29, 1.82) is 0 Å². The van der Waals surface area contributed by atoms with Crippen LogP contribution in [0.5, 0.6) is 11.5 Å². The molecule has 0 atom stereocenters. The molecule has 2 nitrogen and oxygen atoms in total. The molecule has 0 aromatic heterocycles. The van der Waals surface area contributed by atoms with E-state index in [-0.39, 0.29) is 10.3 Å². The molecule has 0 aliphatic rings. The molecule has 3 heteroatoms. The summed E-state index contributed by atoms with van der Waals surface area (Å²) >= 11 is 0. The third kappa shape index (κ3) is 5.28. The number of hydrogen-bond donors (Lipinski definition) is 0. The van der Waals surface area contributed by atoms with Crippen molar-refractivity contribution >= 4 is 13.2 Å². The molecule has 0 aliphatic carbocycles. The molecule has 0 saturated heterocycles. The minimum atomic E-state index is -0.599. The molecule has 0 radical (unpaired) electrons. The van der Waals surface area contributed by atoms with E-state index in [1.807, 2.05) is 0 Å². The van der Waals surface area contributed by atoms with Gasteiger partial charge in [0, 0.05) is 10.9 Å². The lowest BCUT2D eigenvalue weighted by atomic mass is 9.84. The zero-order valence-corrected chi connectivity index (χ0v) is 22.7. The summed E-state index contributed by atoms with van der Waals surface area (Å²) in [6.07, 6.45) is 0. The average Bonchev–Trinajstić information content (AvgIpc) is 2.64. The lowest BCUT2D eigenvalue weighted by Gasteiger charge is -2.43. The first-order valence-corrected chi connectivity index (χ1v) is 12.8. The minimum absolute atomic E-state index is 0.104. The van der Waals surface area contributed by atoms with Gasteiger partial charge in [0.25, 0.3) is 0 Å². The Morgan fingerprint density at radius 1 is 0.645 bits per heavy atom. The molecule has 0 unspecified atom stereocenters. The van der Waals surface area contributed by atoms with E-state index in [2.05, 4.69) is 99.6 Å². The van der Waals surface area contributed by atoms with Gasteiger partial charge in [-0.1, -0.05) is 95.4 Å². The van der Waals surface area contributed by atoms with Crippen LogP contribution >= 0.6 is 7.92 Å². The standard InChI is InChI=1S/C28H43O2P/c1-18(2)20-14-13-15-21(19(3)4)24(20)25-22(29-11)16-17-23(30-12)26(25)31(27(5,6)7)28(8,9)10/h13-19H,1-12H3. The monoisotopic (exact) mass is 442 g/mol. The smallest absolute Gasteiger partial charge is 0.127 e. The first-order valence-electron chi connectivity index (χ1n) is 11.4. The van der Waals surface area contributed by atoms with Crippen LogP contribution in [-0.2, 0) is 0 Å². The summed E-state index contributed by atoms with van der Waals surface area (Å²) in [5.74, 6) is 2.73. The second kappa shape index (κ2) is 9.53. The number of rotatable bonds is 6. The van der Waals surface area contributed by atoms with Crippen LogP contribution in [-0.4, -0.2) is 24.5 Å². The molecule has 0 aliphatic heterocycles. The first-order chi connectivity index (χ1) is 14.3. The number of methoxy groups -OCH3 is 2. The number of benzene rings is 2. The van der Waals surface area contributed by atoms with Gasteiger partial charge in [-0.15, -0.1) is 0 Å². The zero-order valence-electron chi connectivity index (χ0n) is 21.8. The molecular weight excluding hydrogens is 399 g/mol. The quantitative estimate of drug-likeness (QED) is 0.419. The summed E-state index contributed by atoms with van der Waals surface area (Å²) in [4.78, 5) is 0. The van der Waals surface area contributed by atoms with Crippen LogP contribution in [0.25, 0.3) is 11.1 Å². The molecule has 2 rings (SSSR count). The van der Waals surface area contributed by atoms with Crippen LogP contribution in [0, 0.1) is 0 Å². The van der Waals surface area contributed by atoms with Crippen LogP contribution in [0.15, 0.2) is 30.3 Å². The lowest BCUT2D eigenvalue weighted by Crippen LogP contribution is -2.33. The first kappa shape index (κ1) is 25.7. The summed E-state index contributed by atoms with van der Waals surface area (Å²) < 4.78 is 12.1. The predicted molar refractivity (Wildman–Crippen MR) is 139 cm³/mol. The van der Waals surface area contributed by atoms with Crippen LogP contribution in [0.3, 0.4) is 0 Å². The van der Waals surface area contributed by atoms with Crippen LogP contribution < -0.4 is 14.8 Å². The Kier molecular flexibility index (Phi) is 7.91. The van der Waals surface area contributed by atoms with Gasteiger partial charge in [0.15, 0.2) is 0 Å². The Morgan fingerprint density at radius 2 is 1.06 bits per heavy atom. The summed E-state index contributed by atoms with van der Waals surface area (Å²) in [7, 11) is 2.99. The molecule has 2 aromatic carbocycles. The van der Waals surface area contributed by atoms with Gasteiger partial charge in [0.1, 0.15) is 11.5 Å².